The molecule has 2 fully saturated rings. The van der Waals surface area contributed by atoms with Crippen LogP contribution in [0.4, 0.5) is 13.2 Å². The molecule has 0 unspecified atom stereocenters. The summed E-state index contributed by atoms with van der Waals surface area (Å²) in [6.07, 6.45) is 1.23. The highest BCUT2D eigenvalue weighted by Crippen LogP contribution is 2.48. The topological polar surface area (TPSA) is 74.2 Å². The maximum Gasteiger partial charge on any atom is 0.391 e. The third-order valence-corrected chi connectivity index (χ3v) is 6.28. The molecule has 32 heavy (non-hydrogen) atoms. The molecule has 0 aliphatic heterocycles. The van der Waals surface area contributed by atoms with Gasteiger partial charge >= 0.3 is 12.1 Å². The van der Waals surface area contributed by atoms with E-state index in [0.717, 1.165) is 23.2 Å². The van der Waals surface area contributed by atoms with Crippen LogP contribution >= 0.6 is 0 Å². The number of nitrogens with zero attached hydrogens (tertiary/aromatic N) is 3. The number of carbonyl (C=O) groups excluding carboxylic acids is 1. The first-order valence-corrected chi connectivity index (χ1v) is 11.0. The van der Waals surface area contributed by atoms with Gasteiger partial charge in [0, 0.05) is 29.4 Å². The summed E-state index contributed by atoms with van der Waals surface area (Å²) < 4.78 is 49.3. The Labute approximate surface area is 184 Å². The van der Waals surface area contributed by atoms with Gasteiger partial charge in [-0.3, -0.25) is 9.78 Å². The number of aromatic nitrogens is 3. The van der Waals surface area contributed by atoms with Crippen LogP contribution in [0.1, 0.15) is 50.6 Å². The van der Waals surface area contributed by atoms with Crippen LogP contribution in [0.25, 0.3) is 11.1 Å². The second-order valence-corrected chi connectivity index (χ2v) is 8.52. The molecule has 9 heteroatoms. The Morgan fingerprint density at radius 1 is 1.16 bits per heavy atom. The number of hydrogen-bond donors (Lipinski definition) is 0. The lowest BCUT2D eigenvalue weighted by Gasteiger charge is -2.29. The maximum atomic E-state index is 12.8. The van der Waals surface area contributed by atoms with E-state index in [0.29, 0.717) is 31.9 Å². The summed E-state index contributed by atoms with van der Waals surface area (Å²) >= 11 is 0. The van der Waals surface area contributed by atoms with Gasteiger partial charge in [-0.2, -0.15) is 18.3 Å². The number of halogens is 3. The van der Waals surface area contributed by atoms with Gasteiger partial charge in [0.05, 0.1) is 31.2 Å². The summed E-state index contributed by atoms with van der Waals surface area (Å²) in [5.41, 5.74) is 2.52. The monoisotopic (exact) mass is 449 g/mol. The highest BCUT2D eigenvalue weighted by atomic mass is 19.4. The molecule has 0 amide bonds. The van der Waals surface area contributed by atoms with Crippen molar-refractivity contribution < 1.29 is 27.4 Å². The molecule has 4 rings (SSSR count). The Morgan fingerprint density at radius 2 is 1.94 bits per heavy atom. The van der Waals surface area contributed by atoms with Crippen molar-refractivity contribution in [2.75, 3.05) is 13.2 Å². The Balaban J connectivity index is 1.35. The molecule has 2 saturated carbocycles. The molecule has 2 aliphatic carbocycles. The fourth-order valence-corrected chi connectivity index (χ4v) is 4.30. The van der Waals surface area contributed by atoms with E-state index in [1.54, 1.807) is 25.4 Å². The molecular weight excluding hydrogens is 423 g/mol. The molecule has 0 N–H and O–H groups in total. The Morgan fingerprint density at radius 3 is 2.66 bits per heavy atom. The summed E-state index contributed by atoms with van der Waals surface area (Å²) in [5.74, 6) is -1.03. The van der Waals surface area contributed by atoms with Gasteiger partial charge in [-0.25, -0.2) is 0 Å². The van der Waals surface area contributed by atoms with Crippen LogP contribution < -0.4 is 4.74 Å². The number of carbonyl (C=O) groups is 1. The van der Waals surface area contributed by atoms with Crippen molar-refractivity contribution in [3.8, 4) is 17.0 Å². The van der Waals surface area contributed by atoms with Gasteiger partial charge in [-0.1, -0.05) is 0 Å². The third kappa shape index (κ3) is 5.37. The summed E-state index contributed by atoms with van der Waals surface area (Å²) in [4.78, 5) is 16.3. The molecule has 0 spiro atoms. The second kappa shape index (κ2) is 9.42. The van der Waals surface area contributed by atoms with Crippen molar-refractivity contribution in [3.05, 3.63) is 36.3 Å². The average Bonchev–Trinajstić information content (AvgIpc) is 3.59. The predicted molar refractivity (Wildman–Crippen MR) is 110 cm³/mol. The minimum Gasteiger partial charge on any atom is -0.476 e. The van der Waals surface area contributed by atoms with Crippen LogP contribution in [0, 0.1) is 17.8 Å². The Hall–Kier alpha value is -2.71. The molecule has 172 valence electrons. The minimum absolute atomic E-state index is 0.0614. The number of alkyl halides is 3. The molecule has 0 radical (unpaired) electrons. The number of ether oxygens (including phenoxy) is 2. The first kappa shape index (κ1) is 22.5. The van der Waals surface area contributed by atoms with Crippen molar-refractivity contribution in [2.24, 2.45) is 17.8 Å². The lowest BCUT2D eigenvalue weighted by atomic mass is 9.82. The van der Waals surface area contributed by atoms with Crippen LogP contribution in [0.2, 0.25) is 0 Å². The van der Waals surface area contributed by atoms with Crippen LogP contribution in [0.3, 0.4) is 0 Å². The van der Waals surface area contributed by atoms with Crippen molar-refractivity contribution in [1.29, 1.82) is 0 Å². The zero-order chi connectivity index (χ0) is 22.7. The average molecular weight is 449 g/mol. The fourth-order valence-electron chi connectivity index (χ4n) is 4.30. The summed E-state index contributed by atoms with van der Waals surface area (Å²) in [6, 6.07) is 5.55. The van der Waals surface area contributed by atoms with E-state index >= 15 is 0 Å². The van der Waals surface area contributed by atoms with Crippen molar-refractivity contribution in [2.45, 2.75) is 51.1 Å². The van der Waals surface area contributed by atoms with Gasteiger partial charge < -0.3 is 9.47 Å². The maximum absolute atomic E-state index is 12.8. The van der Waals surface area contributed by atoms with Gasteiger partial charge in [0.2, 0.25) is 5.88 Å². The van der Waals surface area contributed by atoms with Gasteiger partial charge in [0.1, 0.15) is 0 Å². The van der Waals surface area contributed by atoms with E-state index in [1.807, 2.05) is 12.1 Å². The highest BCUT2D eigenvalue weighted by Gasteiger charge is 2.46. The minimum atomic E-state index is -4.11. The van der Waals surface area contributed by atoms with Crippen molar-refractivity contribution >= 4 is 5.97 Å². The molecular formula is C23H26F3N3O3. The molecule has 0 bridgehead atoms. The molecule has 0 saturated heterocycles. The zero-order valence-corrected chi connectivity index (χ0v) is 17.8. The van der Waals surface area contributed by atoms with E-state index in [2.05, 4.69) is 15.2 Å². The second-order valence-electron chi connectivity index (χ2n) is 8.52. The van der Waals surface area contributed by atoms with Gasteiger partial charge in [-0.15, -0.1) is 5.10 Å². The van der Waals surface area contributed by atoms with Gasteiger partial charge in [0.15, 0.2) is 0 Å². The largest absolute Gasteiger partial charge is 0.476 e. The van der Waals surface area contributed by atoms with Crippen LogP contribution in [-0.4, -0.2) is 40.5 Å². The number of rotatable bonds is 7. The normalized spacial score (nSPS) is 25.2. The number of pyridine rings is 1. The van der Waals surface area contributed by atoms with Gasteiger partial charge in [-0.05, 0) is 62.6 Å². The Kier molecular flexibility index (Phi) is 6.62. The lowest BCUT2D eigenvalue weighted by Crippen LogP contribution is -2.29. The molecule has 2 aliphatic rings. The van der Waals surface area contributed by atoms with E-state index < -0.39 is 12.1 Å². The molecule has 2 aromatic heterocycles. The summed E-state index contributed by atoms with van der Waals surface area (Å²) in [6.45, 7) is 2.48. The first-order chi connectivity index (χ1) is 15.3. The summed E-state index contributed by atoms with van der Waals surface area (Å²) in [5, 5.41) is 8.01. The lowest BCUT2D eigenvalue weighted by molar-refractivity contribution is -0.184. The molecule has 2 heterocycles. The number of hydrogen-bond acceptors (Lipinski definition) is 6. The predicted octanol–water partition coefficient (Wildman–Crippen LogP) is 4.95. The van der Waals surface area contributed by atoms with Crippen molar-refractivity contribution in [3.63, 3.8) is 0 Å². The third-order valence-electron chi connectivity index (χ3n) is 6.28. The highest BCUT2D eigenvalue weighted by molar-refractivity contribution is 5.77. The van der Waals surface area contributed by atoms with E-state index in [9.17, 15) is 18.0 Å². The van der Waals surface area contributed by atoms with E-state index in [4.69, 9.17) is 9.47 Å². The number of esters is 1. The quantitative estimate of drug-likeness (QED) is 0.557. The molecule has 6 nitrogen and oxygen atoms in total. The Bertz CT molecular complexity index is 945. The van der Waals surface area contributed by atoms with E-state index in [-0.39, 0.29) is 36.6 Å². The first-order valence-electron chi connectivity index (χ1n) is 11.0. The van der Waals surface area contributed by atoms with E-state index in [1.165, 1.54) is 0 Å². The molecule has 0 aromatic carbocycles. The molecule has 2 aromatic rings. The SMILES string of the molecule is CCOC(=O)[C@@H]1C[C@H]1c1cc(-c2cnnc(OCC3CCC(C(F)(F)F)CC3)c2)ccn1. The van der Waals surface area contributed by atoms with Crippen molar-refractivity contribution in [1.82, 2.24) is 15.2 Å². The van der Waals surface area contributed by atoms with Gasteiger partial charge in [0.25, 0.3) is 0 Å². The fraction of sp³-hybridized carbons (Fsp3) is 0.565. The smallest absolute Gasteiger partial charge is 0.391 e. The zero-order valence-electron chi connectivity index (χ0n) is 17.8. The van der Waals surface area contributed by atoms with Crippen LogP contribution in [0.5, 0.6) is 5.88 Å². The van der Waals surface area contributed by atoms with Crippen LogP contribution in [0.15, 0.2) is 30.6 Å². The van der Waals surface area contributed by atoms with Crippen LogP contribution in [-0.2, 0) is 9.53 Å². The molecule has 2 atom stereocenters. The standard InChI is InChI=1S/C23H26F3N3O3/c1-2-31-22(30)19-11-18(19)20-9-15(7-8-27-20)16-10-21(29-28-12-16)32-13-14-3-5-17(6-4-14)23(24,25)26/h7-10,12,14,17-19H,2-6,11,13H2,1H3/t14?,17?,18-,19-/m1/s1. The summed E-state index contributed by atoms with van der Waals surface area (Å²) in [7, 11) is 0.